The number of nitrogens with one attached hydrogen (secondary N) is 1. The molecule has 0 amide bonds. The van der Waals surface area contributed by atoms with Crippen molar-refractivity contribution in [3.8, 4) is 5.75 Å². The first-order valence-electron chi connectivity index (χ1n) is 6.70. The van der Waals surface area contributed by atoms with Crippen LogP contribution in [0, 0.1) is 5.92 Å². The number of hydrogen-bond donors (Lipinski definition) is 2. The molecule has 1 aromatic rings. The van der Waals surface area contributed by atoms with Crippen LogP contribution in [0.5, 0.6) is 5.75 Å². The molecule has 1 aliphatic rings. The summed E-state index contributed by atoms with van der Waals surface area (Å²) in [7, 11) is -3.75. The van der Waals surface area contributed by atoms with Crippen molar-refractivity contribution in [2.45, 2.75) is 18.7 Å². The molecule has 22 heavy (non-hydrogen) atoms. The third-order valence-corrected chi connectivity index (χ3v) is 4.28. The lowest BCUT2D eigenvalue weighted by Gasteiger charge is -2.23. The second kappa shape index (κ2) is 6.43. The number of alkyl halides is 3. The summed E-state index contributed by atoms with van der Waals surface area (Å²) in [6.07, 6.45) is -4.39. The van der Waals surface area contributed by atoms with Gasteiger partial charge in [-0.1, -0.05) is 0 Å². The van der Waals surface area contributed by atoms with E-state index in [0.717, 1.165) is 25.1 Å². The SMILES string of the molecule is NS(=O)(=O)CC(Oc1ccc(C(F)(F)F)cc1)C1CCNC1. The van der Waals surface area contributed by atoms with Crippen molar-refractivity contribution < 1.29 is 26.3 Å². The molecule has 0 radical (unpaired) electrons. The van der Waals surface area contributed by atoms with E-state index in [9.17, 15) is 21.6 Å². The average Bonchev–Trinajstić information content (AvgIpc) is 2.89. The van der Waals surface area contributed by atoms with Crippen LogP contribution >= 0.6 is 0 Å². The van der Waals surface area contributed by atoms with Crippen molar-refractivity contribution in [3.05, 3.63) is 29.8 Å². The highest BCUT2D eigenvalue weighted by Crippen LogP contribution is 2.31. The van der Waals surface area contributed by atoms with E-state index < -0.39 is 27.9 Å². The zero-order valence-electron chi connectivity index (χ0n) is 11.6. The molecule has 0 spiro atoms. The van der Waals surface area contributed by atoms with E-state index in [4.69, 9.17) is 9.88 Å². The summed E-state index contributed by atoms with van der Waals surface area (Å²) >= 11 is 0. The summed E-state index contributed by atoms with van der Waals surface area (Å²) in [6.45, 7) is 1.32. The predicted octanol–water partition coefficient (Wildman–Crippen LogP) is 1.35. The zero-order valence-corrected chi connectivity index (χ0v) is 12.5. The van der Waals surface area contributed by atoms with Gasteiger partial charge in [-0.3, -0.25) is 0 Å². The quantitative estimate of drug-likeness (QED) is 0.849. The van der Waals surface area contributed by atoms with Crippen molar-refractivity contribution in [2.75, 3.05) is 18.8 Å². The van der Waals surface area contributed by atoms with E-state index in [-0.39, 0.29) is 17.4 Å². The highest BCUT2D eigenvalue weighted by atomic mass is 32.2. The fourth-order valence-corrected chi connectivity index (χ4v) is 3.19. The number of primary sulfonamides is 1. The van der Waals surface area contributed by atoms with Crippen LogP contribution in [0.25, 0.3) is 0 Å². The van der Waals surface area contributed by atoms with Crippen molar-refractivity contribution in [2.24, 2.45) is 11.1 Å². The topological polar surface area (TPSA) is 81.4 Å². The molecule has 1 fully saturated rings. The van der Waals surface area contributed by atoms with Gasteiger partial charge in [0.05, 0.1) is 5.56 Å². The molecule has 0 aromatic heterocycles. The molecule has 0 bridgehead atoms. The minimum atomic E-state index is -4.42. The van der Waals surface area contributed by atoms with Gasteiger partial charge in [0.25, 0.3) is 0 Å². The largest absolute Gasteiger partial charge is 0.489 e. The lowest BCUT2D eigenvalue weighted by molar-refractivity contribution is -0.137. The van der Waals surface area contributed by atoms with Crippen molar-refractivity contribution in [1.82, 2.24) is 5.32 Å². The molecule has 3 N–H and O–H groups in total. The molecule has 1 saturated heterocycles. The number of sulfonamides is 1. The van der Waals surface area contributed by atoms with E-state index in [2.05, 4.69) is 5.32 Å². The fraction of sp³-hybridized carbons (Fsp3) is 0.538. The van der Waals surface area contributed by atoms with Gasteiger partial charge in [-0.2, -0.15) is 13.2 Å². The summed E-state index contributed by atoms with van der Waals surface area (Å²) in [5.74, 6) is -0.241. The fourth-order valence-electron chi connectivity index (χ4n) is 2.39. The van der Waals surface area contributed by atoms with Crippen LogP contribution in [0.15, 0.2) is 24.3 Å². The van der Waals surface area contributed by atoms with Crippen LogP contribution in [-0.4, -0.2) is 33.4 Å². The van der Waals surface area contributed by atoms with E-state index in [1.165, 1.54) is 12.1 Å². The Kier molecular flexibility index (Phi) is 4.98. The number of nitrogens with two attached hydrogens (primary N) is 1. The number of rotatable bonds is 5. The van der Waals surface area contributed by atoms with Gasteiger partial charge in [0.15, 0.2) is 0 Å². The first kappa shape index (κ1) is 17.0. The smallest absolute Gasteiger partial charge is 0.416 e. The zero-order chi connectivity index (χ0) is 16.4. The van der Waals surface area contributed by atoms with Crippen LogP contribution in [-0.2, 0) is 16.2 Å². The van der Waals surface area contributed by atoms with Crippen LogP contribution in [0.3, 0.4) is 0 Å². The van der Waals surface area contributed by atoms with Crippen LogP contribution in [0.2, 0.25) is 0 Å². The summed E-state index contributed by atoms with van der Waals surface area (Å²) in [5, 5.41) is 8.15. The van der Waals surface area contributed by atoms with Gasteiger partial charge >= 0.3 is 6.18 Å². The van der Waals surface area contributed by atoms with Gasteiger partial charge in [0, 0.05) is 12.5 Å². The van der Waals surface area contributed by atoms with E-state index in [1.54, 1.807) is 0 Å². The standard InChI is InChI=1S/C13H17F3N2O3S/c14-13(15,16)10-1-3-11(4-2-10)21-12(8-22(17,19)20)9-5-6-18-7-9/h1-4,9,12,18H,5-8H2,(H2,17,19,20). The Morgan fingerprint density at radius 3 is 2.41 bits per heavy atom. The average molecular weight is 338 g/mol. The van der Waals surface area contributed by atoms with Gasteiger partial charge in [-0.05, 0) is 37.2 Å². The summed E-state index contributed by atoms with van der Waals surface area (Å²) in [4.78, 5) is 0. The second-order valence-electron chi connectivity index (χ2n) is 5.26. The second-order valence-corrected chi connectivity index (χ2v) is 6.92. The van der Waals surface area contributed by atoms with E-state index in [0.29, 0.717) is 6.54 Å². The van der Waals surface area contributed by atoms with Crippen molar-refractivity contribution >= 4 is 10.0 Å². The molecule has 9 heteroatoms. The maximum absolute atomic E-state index is 12.5. The number of benzene rings is 1. The third-order valence-electron chi connectivity index (χ3n) is 3.49. The molecule has 5 nitrogen and oxygen atoms in total. The molecule has 124 valence electrons. The van der Waals surface area contributed by atoms with E-state index in [1.807, 2.05) is 0 Å². The lowest BCUT2D eigenvalue weighted by Crippen LogP contribution is -2.37. The first-order valence-corrected chi connectivity index (χ1v) is 8.42. The summed E-state index contributed by atoms with van der Waals surface area (Å²) < 4.78 is 65.7. The normalized spacial score (nSPS) is 20.8. The van der Waals surface area contributed by atoms with Crippen LogP contribution in [0.1, 0.15) is 12.0 Å². The van der Waals surface area contributed by atoms with Gasteiger partial charge in [0.1, 0.15) is 17.6 Å². The predicted molar refractivity (Wildman–Crippen MR) is 74.8 cm³/mol. The van der Waals surface area contributed by atoms with Crippen LogP contribution < -0.4 is 15.2 Å². The maximum atomic E-state index is 12.5. The van der Waals surface area contributed by atoms with E-state index >= 15 is 0 Å². The first-order chi connectivity index (χ1) is 10.1. The monoisotopic (exact) mass is 338 g/mol. The maximum Gasteiger partial charge on any atom is 0.416 e. The minimum Gasteiger partial charge on any atom is -0.489 e. The van der Waals surface area contributed by atoms with Crippen molar-refractivity contribution in [1.29, 1.82) is 0 Å². The van der Waals surface area contributed by atoms with Gasteiger partial charge in [-0.25, -0.2) is 13.6 Å². The Hall–Kier alpha value is -1.32. The summed E-state index contributed by atoms with van der Waals surface area (Å²) in [5.41, 5.74) is -0.787. The Labute approximate surface area is 126 Å². The molecular formula is C13H17F3N2O3S. The minimum absolute atomic E-state index is 0.0550. The molecular weight excluding hydrogens is 321 g/mol. The molecule has 2 rings (SSSR count). The Morgan fingerprint density at radius 1 is 1.32 bits per heavy atom. The molecule has 0 aliphatic carbocycles. The Balaban J connectivity index is 2.12. The molecule has 1 heterocycles. The highest BCUT2D eigenvalue weighted by Gasteiger charge is 2.32. The van der Waals surface area contributed by atoms with Crippen molar-refractivity contribution in [3.63, 3.8) is 0 Å². The lowest BCUT2D eigenvalue weighted by atomic mass is 10.0. The molecule has 2 atom stereocenters. The van der Waals surface area contributed by atoms with Gasteiger partial charge < -0.3 is 10.1 Å². The molecule has 1 aliphatic heterocycles. The Morgan fingerprint density at radius 2 is 1.95 bits per heavy atom. The number of hydrogen-bond acceptors (Lipinski definition) is 4. The van der Waals surface area contributed by atoms with Gasteiger partial charge in [-0.15, -0.1) is 0 Å². The summed E-state index contributed by atoms with van der Waals surface area (Å²) in [6, 6.07) is 4.16. The Bertz CT molecular complexity index is 596. The molecule has 1 aromatic carbocycles. The number of halogens is 3. The molecule has 0 saturated carbocycles. The molecule has 2 unspecified atom stereocenters. The highest BCUT2D eigenvalue weighted by molar-refractivity contribution is 7.89. The third kappa shape index (κ3) is 4.85. The number of ether oxygens (including phenoxy) is 1. The van der Waals surface area contributed by atoms with Gasteiger partial charge in [0.2, 0.25) is 10.0 Å². The van der Waals surface area contributed by atoms with Crippen LogP contribution in [0.4, 0.5) is 13.2 Å².